The van der Waals surface area contributed by atoms with Crippen molar-refractivity contribution in [3.05, 3.63) is 64.2 Å². The smallest absolute Gasteiger partial charge is 0.349 e. The molecular formula is C17H13Cl2FN6O4. The fourth-order valence-electron chi connectivity index (χ4n) is 3.32. The van der Waals surface area contributed by atoms with E-state index in [2.05, 4.69) is 15.3 Å². The van der Waals surface area contributed by atoms with Crippen molar-refractivity contribution in [2.75, 3.05) is 5.73 Å². The first-order chi connectivity index (χ1) is 14.2. The van der Waals surface area contributed by atoms with Crippen molar-refractivity contribution in [3.63, 3.8) is 0 Å². The van der Waals surface area contributed by atoms with Crippen molar-refractivity contribution >= 4 is 29.0 Å². The van der Waals surface area contributed by atoms with Gasteiger partial charge in [-0.05, 0) is 24.8 Å². The van der Waals surface area contributed by atoms with Gasteiger partial charge in [0.2, 0.25) is 11.7 Å². The molecule has 1 unspecified atom stereocenters. The second-order valence-electron chi connectivity index (χ2n) is 6.68. The summed E-state index contributed by atoms with van der Waals surface area (Å²) in [5.74, 6) is -1.84. The number of nitrogens with one attached hydrogen (secondary N) is 2. The molecule has 1 aromatic carbocycles. The van der Waals surface area contributed by atoms with Crippen LogP contribution in [-0.4, -0.2) is 25.0 Å². The molecule has 0 fully saturated rings. The minimum atomic E-state index is -1.09. The zero-order valence-corrected chi connectivity index (χ0v) is 16.8. The molecule has 4 rings (SSSR count). The first-order valence-corrected chi connectivity index (χ1v) is 9.41. The lowest BCUT2D eigenvalue weighted by Gasteiger charge is -2.14. The molecule has 1 aliphatic rings. The fourth-order valence-corrected chi connectivity index (χ4v) is 3.84. The molecular weight excluding hydrogens is 442 g/mol. The molecule has 10 nitrogen and oxygen atoms in total. The summed E-state index contributed by atoms with van der Waals surface area (Å²) in [6.45, 7) is 1.90. The van der Waals surface area contributed by atoms with Gasteiger partial charge in [0.25, 0.3) is 11.1 Å². The number of ether oxygens (including phenoxy) is 1. The third-order valence-electron chi connectivity index (χ3n) is 4.78. The largest absolute Gasteiger partial charge is 0.434 e. The van der Waals surface area contributed by atoms with Gasteiger partial charge >= 0.3 is 5.69 Å². The van der Waals surface area contributed by atoms with Crippen LogP contribution in [0.3, 0.4) is 0 Å². The summed E-state index contributed by atoms with van der Waals surface area (Å²) in [4.78, 5) is 37.3. The Morgan fingerprint density at radius 1 is 1.30 bits per heavy atom. The van der Waals surface area contributed by atoms with Crippen molar-refractivity contribution in [2.24, 2.45) is 0 Å². The number of hydrogen-bond acceptors (Lipinski definition) is 7. The summed E-state index contributed by atoms with van der Waals surface area (Å²) in [7, 11) is 0. The molecule has 2 heterocycles. The molecule has 1 aliphatic carbocycles. The number of hydrogen-bond donors (Lipinski definition) is 3. The Hall–Kier alpha value is -3.18. The van der Waals surface area contributed by atoms with E-state index >= 15 is 0 Å². The molecule has 4 N–H and O–H groups in total. The van der Waals surface area contributed by atoms with E-state index in [9.17, 15) is 18.8 Å². The highest BCUT2D eigenvalue weighted by molar-refractivity contribution is 6.37. The normalized spacial score (nSPS) is 15.3. The molecule has 2 aromatic heterocycles. The van der Waals surface area contributed by atoms with Crippen molar-refractivity contribution < 1.29 is 9.13 Å². The molecule has 0 saturated carbocycles. The maximum Gasteiger partial charge on any atom is 0.349 e. The van der Waals surface area contributed by atoms with Gasteiger partial charge in [-0.15, -0.1) is 10.2 Å². The number of nitrogens with zero attached hydrogens (tertiary/aromatic N) is 3. The molecule has 0 spiro atoms. The third kappa shape index (κ3) is 3.15. The van der Waals surface area contributed by atoms with Crippen molar-refractivity contribution in [1.82, 2.24) is 25.0 Å². The van der Waals surface area contributed by atoms with Crippen LogP contribution in [0.1, 0.15) is 30.4 Å². The summed E-state index contributed by atoms with van der Waals surface area (Å²) in [6.07, 6.45) is 1.28. The van der Waals surface area contributed by atoms with Crippen molar-refractivity contribution in [2.45, 2.75) is 25.7 Å². The molecule has 0 bridgehead atoms. The topological polar surface area (TPSA) is 149 Å². The molecule has 0 amide bonds. The fraction of sp³-hybridized carbons (Fsp3) is 0.235. The van der Waals surface area contributed by atoms with E-state index in [4.69, 9.17) is 33.7 Å². The minimum Gasteiger partial charge on any atom is -0.434 e. The lowest BCUT2D eigenvalue weighted by atomic mass is 10.1. The highest BCUT2D eigenvalue weighted by Gasteiger charge is 2.28. The van der Waals surface area contributed by atoms with Crippen LogP contribution in [0.15, 0.2) is 20.4 Å². The van der Waals surface area contributed by atoms with Gasteiger partial charge in [0.05, 0.1) is 5.02 Å². The Kier molecular flexibility index (Phi) is 4.86. The average Bonchev–Trinajstić information content (AvgIpc) is 3.09. The zero-order valence-electron chi connectivity index (χ0n) is 15.3. The number of nitrogen functional groups attached to an aromatic ring is 1. The number of halogens is 3. The number of benzene rings is 1. The van der Waals surface area contributed by atoms with Gasteiger partial charge in [0.1, 0.15) is 10.7 Å². The lowest BCUT2D eigenvalue weighted by molar-refractivity contribution is 0.444. The molecule has 1 atom stereocenters. The highest BCUT2D eigenvalue weighted by Crippen LogP contribution is 2.42. The summed E-state index contributed by atoms with van der Waals surface area (Å²) >= 11 is 12.3. The van der Waals surface area contributed by atoms with Gasteiger partial charge in [-0.1, -0.05) is 30.1 Å². The van der Waals surface area contributed by atoms with Crippen LogP contribution in [0.4, 0.5) is 10.2 Å². The van der Waals surface area contributed by atoms with Crippen LogP contribution in [-0.2, 0) is 6.42 Å². The van der Waals surface area contributed by atoms with E-state index in [1.165, 1.54) is 0 Å². The van der Waals surface area contributed by atoms with Crippen molar-refractivity contribution in [3.8, 4) is 17.3 Å². The van der Waals surface area contributed by atoms with Crippen LogP contribution in [0.25, 0.3) is 5.69 Å². The highest BCUT2D eigenvalue weighted by atomic mass is 35.5. The van der Waals surface area contributed by atoms with E-state index in [-0.39, 0.29) is 28.1 Å². The average molecular weight is 455 g/mol. The number of anilines is 1. The van der Waals surface area contributed by atoms with Gasteiger partial charge in [-0.3, -0.25) is 14.6 Å². The molecule has 0 saturated heterocycles. The Morgan fingerprint density at radius 2 is 2.03 bits per heavy atom. The maximum absolute atomic E-state index is 15.0. The van der Waals surface area contributed by atoms with Gasteiger partial charge in [0, 0.05) is 11.1 Å². The summed E-state index contributed by atoms with van der Waals surface area (Å²) in [5.41, 5.74) is 3.81. The first-order valence-electron chi connectivity index (χ1n) is 8.65. The molecule has 3 aromatic rings. The second kappa shape index (κ2) is 7.26. The first kappa shape index (κ1) is 20.1. The van der Waals surface area contributed by atoms with Gasteiger partial charge in [-0.25, -0.2) is 14.3 Å². The van der Waals surface area contributed by atoms with Crippen LogP contribution >= 0.6 is 23.2 Å². The number of H-pyrrole nitrogens is 2. The monoisotopic (exact) mass is 454 g/mol. The van der Waals surface area contributed by atoms with Crippen LogP contribution < -0.4 is 27.3 Å². The van der Waals surface area contributed by atoms with E-state index in [1.54, 1.807) is 0 Å². The number of nitrogens with two attached hydrogens (primary N) is 1. The summed E-state index contributed by atoms with van der Waals surface area (Å²) < 4.78 is 21.1. The van der Waals surface area contributed by atoms with Crippen LogP contribution in [0.2, 0.25) is 10.0 Å². The summed E-state index contributed by atoms with van der Waals surface area (Å²) in [6, 6.07) is 1.04. The number of rotatable bonds is 3. The zero-order chi connectivity index (χ0) is 21.7. The van der Waals surface area contributed by atoms with Crippen LogP contribution in [0.5, 0.6) is 11.6 Å². The third-order valence-corrected chi connectivity index (χ3v) is 5.40. The maximum atomic E-state index is 15.0. The predicted octanol–water partition coefficient (Wildman–Crippen LogP) is 1.87. The lowest BCUT2D eigenvalue weighted by Crippen LogP contribution is -2.33. The molecule has 156 valence electrons. The van der Waals surface area contributed by atoms with Crippen molar-refractivity contribution in [1.29, 1.82) is 0 Å². The molecule has 30 heavy (non-hydrogen) atoms. The molecule has 0 radical (unpaired) electrons. The van der Waals surface area contributed by atoms with E-state index in [0.29, 0.717) is 22.2 Å². The van der Waals surface area contributed by atoms with Gasteiger partial charge in [-0.2, -0.15) is 4.68 Å². The van der Waals surface area contributed by atoms with Gasteiger partial charge < -0.3 is 10.5 Å². The standard InChI is InChI=1S/C17H13Cl2FN6O4/c1-5-2-3-6-9(5)14(27)23-24-16(6)30-12-7(18)4-8(11(20)10(12)19)26-17(29)22-15(28)13(21)25-26/h4-5H,2-3H2,1H3,(H2,21,25)(H,23,27)(H,22,28,29). The van der Waals surface area contributed by atoms with E-state index < -0.39 is 33.6 Å². The Bertz CT molecular complexity index is 1370. The SMILES string of the molecule is CC1CCc2c(Oc3c(Cl)cc(-n4nc(N)c(=O)[nH]c4=O)c(F)c3Cl)n[nH]c(=O)c21. The Morgan fingerprint density at radius 3 is 2.77 bits per heavy atom. The summed E-state index contributed by atoms with van der Waals surface area (Å²) in [5, 5.41) is 9.07. The second-order valence-corrected chi connectivity index (χ2v) is 7.47. The number of fused-ring (bicyclic) bond motifs is 1. The molecule has 13 heteroatoms. The number of aromatic nitrogens is 5. The predicted molar refractivity (Wildman–Crippen MR) is 107 cm³/mol. The van der Waals surface area contributed by atoms with Crippen LogP contribution in [0, 0.1) is 5.82 Å². The Labute approximate surface area is 176 Å². The van der Waals surface area contributed by atoms with E-state index in [1.807, 2.05) is 11.9 Å². The molecule has 0 aliphatic heterocycles. The van der Waals surface area contributed by atoms with Gasteiger partial charge in [0.15, 0.2) is 11.6 Å². The minimum absolute atomic E-state index is 0.0165. The quantitative estimate of drug-likeness (QED) is 0.511. The Balaban J connectivity index is 1.83. The number of aromatic amines is 2. The van der Waals surface area contributed by atoms with E-state index in [0.717, 1.165) is 12.5 Å².